The van der Waals surface area contributed by atoms with E-state index in [9.17, 15) is 0 Å². The van der Waals surface area contributed by atoms with Crippen molar-refractivity contribution >= 4 is 17.2 Å². The monoisotopic (exact) mass is 356 g/mol. The number of halogens is 1. The van der Waals surface area contributed by atoms with Crippen molar-refractivity contribution in [1.82, 2.24) is 0 Å². The van der Waals surface area contributed by atoms with E-state index in [2.05, 4.69) is 45.6 Å². The number of rotatable bonds is 5. The maximum absolute atomic E-state index is 5.73. The van der Waals surface area contributed by atoms with Gasteiger partial charge in [0.1, 0.15) is 5.75 Å². The van der Waals surface area contributed by atoms with Gasteiger partial charge in [-0.15, -0.1) is 0 Å². The summed E-state index contributed by atoms with van der Waals surface area (Å²) in [6.45, 7) is 14.8. The van der Waals surface area contributed by atoms with Gasteiger partial charge in [0.05, 0.1) is 6.61 Å². The van der Waals surface area contributed by atoms with Crippen LogP contribution >= 0.6 is 11.6 Å². The molecule has 2 heteroatoms. The normalized spacial score (nSPS) is 10.7. The zero-order valence-corrected chi connectivity index (χ0v) is 16.8. The van der Waals surface area contributed by atoms with Crippen LogP contribution in [-0.4, -0.2) is 6.61 Å². The summed E-state index contributed by atoms with van der Waals surface area (Å²) in [6.07, 6.45) is 3.06. The van der Waals surface area contributed by atoms with Gasteiger partial charge < -0.3 is 4.74 Å². The third-order valence-corrected chi connectivity index (χ3v) is 4.03. The number of aryl methyl sites for hydroxylation is 1. The molecule has 1 nitrogen and oxygen atoms in total. The molecule has 0 aliphatic heterocycles. The molecule has 0 amide bonds. The minimum Gasteiger partial charge on any atom is -0.494 e. The Morgan fingerprint density at radius 1 is 1.12 bits per heavy atom. The predicted octanol–water partition coefficient (Wildman–Crippen LogP) is 7.28. The number of allylic oxidation sites excluding steroid dienone is 3. The van der Waals surface area contributed by atoms with E-state index in [1.54, 1.807) is 0 Å². The maximum Gasteiger partial charge on any atom is 0.122 e. The van der Waals surface area contributed by atoms with Crippen LogP contribution in [0.4, 0.5) is 0 Å². The van der Waals surface area contributed by atoms with E-state index in [4.69, 9.17) is 16.3 Å². The summed E-state index contributed by atoms with van der Waals surface area (Å²) in [4.78, 5) is 0. The Morgan fingerprint density at radius 2 is 1.76 bits per heavy atom. The molecule has 0 spiro atoms. The molecule has 2 rings (SSSR count). The van der Waals surface area contributed by atoms with Crippen LogP contribution in [0.15, 0.2) is 60.7 Å². The number of ether oxygens (including phenoxy) is 1. The number of benzene rings is 2. The van der Waals surface area contributed by atoms with Crippen molar-refractivity contribution in [2.45, 2.75) is 41.0 Å². The summed E-state index contributed by atoms with van der Waals surface area (Å²) in [5.74, 6) is 0.986. The molecule has 25 heavy (non-hydrogen) atoms. The van der Waals surface area contributed by atoms with Crippen LogP contribution in [0.1, 0.15) is 44.4 Å². The highest BCUT2D eigenvalue weighted by molar-refractivity contribution is 6.30. The first-order chi connectivity index (χ1) is 11.9. The van der Waals surface area contributed by atoms with Crippen LogP contribution in [0.2, 0.25) is 5.02 Å². The fourth-order valence-corrected chi connectivity index (χ4v) is 2.46. The maximum atomic E-state index is 5.73. The van der Waals surface area contributed by atoms with Gasteiger partial charge in [0.2, 0.25) is 0 Å². The molecule has 2 aromatic rings. The van der Waals surface area contributed by atoms with Crippen molar-refractivity contribution in [3.05, 3.63) is 82.4 Å². The average molecular weight is 357 g/mol. The van der Waals surface area contributed by atoms with Crippen LogP contribution in [0, 0.1) is 6.92 Å². The van der Waals surface area contributed by atoms with Crippen LogP contribution in [0.25, 0.3) is 5.57 Å². The third kappa shape index (κ3) is 7.62. The van der Waals surface area contributed by atoms with Crippen molar-refractivity contribution in [1.29, 1.82) is 0 Å². The Labute approximate surface area is 158 Å². The number of hydrogen-bond donors (Lipinski definition) is 0. The predicted molar refractivity (Wildman–Crippen MR) is 112 cm³/mol. The lowest BCUT2D eigenvalue weighted by atomic mass is 10.0. The Hall–Kier alpha value is -1.99. The molecule has 0 aliphatic carbocycles. The van der Waals surface area contributed by atoms with Gasteiger partial charge in [-0.25, -0.2) is 0 Å². The minimum atomic E-state index is 0.725. The quantitative estimate of drug-likeness (QED) is 0.511. The standard InChI is InChI=1S/C13H18O.C10H11Cl/c1-5-10(3)12-7-8-13(14-6-2)11(4)9-12;1-8(2)7-9-3-5-10(11)6-4-9/h5,7-9H,6H2,1-4H3;3-6H,1,7H2,2H3/b10-5+;. The molecule has 0 unspecified atom stereocenters. The van der Waals surface area contributed by atoms with E-state index in [1.165, 1.54) is 27.8 Å². The van der Waals surface area contributed by atoms with Gasteiger partial charge in [0.15, 0.2) is 0 Å². The molecule has 0 heterocycles. The van der Waals surface area contributed by atoms with Gasteiger partial charge in [0.25, 0.3) is 0 Å². The second-order valence-electron chi connectivity index (χ2n) is 6.15. The van der Waals surface area contributed by atoms with E-state index in [0.29, 0.717) is 0 Å². The van der Waals surface area contributed by atoms with Gasteiger partial charge in [-0.2, -0.15) is 0 Å². The van der Waals surface area contributed by atoms with Crippen molar-refractivity contribution < 1.29 is 4.74 Å². The first-order valence-corrected chi connectivity index (χ1v) is 9.00. The first kappa shape index (κ1) is 21.1. The smallest absolute Gasteiger partial charge is 0.122 e. The first-order valence-electron chi connectivity index (χ1n) is 8.62. The molecule has 0 bridgehead atoms. The molecule has 2 aromatic carbocycles. The Bertz CT molecular complexity index is 711. The second kappa shape index (κ2) is 10.8. The fraction of sp³-hybridized carbons (Fsp3) is 0.304. The minimum absolute atomic E-state index is 0.725. The highest BCUT2D eigenvalue weighted by Crippen LogP contribution is 2.23. The van der Waals surface area contributed by atoms with E-state index >= 15 is 0 Å². The van der Waals surface area contributed by atoms with Crippen LogP contribution < -0.4 is 4.74 Å². The highest BCUT2D eigenvalue weighted by Gasteiger charge is 2.01. The Balaban J connectivity index is 0.000000257. The lowest BCUT2D eigenvalue weighted by molar-refractivity contribution is 0.338. The summed E-state index contributed by atoms with van der Waals surface area (Å²) in [5.41, 5.74) is 6.21. The molecule has 134 valence electrons. The Kier molecular flexibility index (Phi) is 9.08. The van der Waals surface area contributed by atoms with E-state index in [1.807, 2.05) is 44.2 Å². The van der Waals surface area contributed by atoms with E-state index in [-0.39, 0.29) is 0 Å². The SMILES string of the molecule is C/C=C(\C)c1ccc(OCC)c(C)c1.C=C(C)Cc1ccc(Cl)cc1. The molecule has 0 aromatic heterocycles. The zero-order chi connectivity index (χ0) is 18.8. The summed E-state index contributed by atoms with van der Waals surface area (Å²) in [7, 11) is 0. The van der Waals surface area contributed by atoms with Crippen LogP contribution in [-0.2, 0) is 6.42 Å². The van der Waals surface area contributed by atoms with E-state index in [0.717, 1.165) is 23.8 Å². The van der Waals surface area contributed by atoms with Crippen LogP contribution in [0.3, 0.4) is 0 Å². The molecule has 0 saturated heterocycles. The zero-order valence-electron chi connectivity index (χ0n) is 16.0. The molecular formula is C23H29ClO. The van der Waals surface area contributed by atoms with Gasteiger partial charge in [-0.1, -0.05) is 48.0 Å². The number of hydrogen-bond acceptors (Lipinski definition) is 1. The fourth-order valence-electron chi connectivity index (χ4n) is 2.33. The third-order valence-electron chi connectivity index (χ3n) is 3.78. The van der Waals surface area contributed by atoms with E-state index < -0.39 is 0 Å². The summed E-state index contributed by atoms with van der Waals surface area (Å²) in [5, 5.41) is 0.787. The second-order valence-corrected chi connectivity index (χ2v) is 6.58. The van der Waals surface area contributed by atoms with Crippen molar-refractivity contribution in [2.75, 3.05) is 6.61 Å². The molecule has 0 saturated carbocycles. The summed E-state index contributed by atoms with van der Waals surface area (Å²) < 4.78 is 5.49. The Morgan fingerprint density at radius 3 is 2.24 bits per heavy atom. The molecule has 0 fully saturated rings. The molecule has 0 N–H and O–H groups in total. The van der Waals surface area contributed by atoms with Gasteiger partial charge in [0, 0.05) is 5.02 Å². The highest BCUT2D eigenvalue weighted by atomic mass is 35.5. The van der Waals surface area contributed by atoms with Crippen molar-refractivity contribution in [2.24, 2.45) is 0 Å². The van der Waals surface area contributed by atoms with Crippen LogP contribution in [0.5, 0.6) is 5.75 Å². The average Bonchev–Trinajstić information content (AvgIpc) is 2.58. The summed E-state index contributed by atoms with van der Waals surface area (Å²) >= 11 is 5.73. The van der Waals surface area contributed by atoms with Gasteiger partial charge in [-0.05, 0) is 87.6 Å². The van der Waals surface area contributed by atoms with Crippen molar-refractivity contribution in [3.8, 4) is 5.75 Å². The molecule has 0 radical (unpaired) electrons. The molecule has 0 aliphatic rings. The largest absolute Gasteiger partial charge is 0.494 e. The summed E-state index contributed by atoms with van der Waals surface area (Å²) in [6, 6.07) is 14.2. The molecule has 0 atom stereocenters. The van der Waals surface area contributed by atoms with Crippen molar-refractivity contribution in [3.63, 3.8) is 0 Å². The lowest BCUT2D eigenvalue weighted by Gasteiger charge is -2.09. The lowest BCUT2D eigenvalue weighted by Crippen LogP contribution is -1.94. The topological polar surface area (TPSA) is 9.23 Å². The van der Waals surface area contributed by atoms with Gasteiger partial charge in [-0.3, -0.25) is 0 Å². The molecular weight excluding hydrogens is 328 g/mol. The van der Waals surface area contributed by atoms with Gasteiger partial charge >= 0.3 is 0 Å².